The molecule has 0 fully saturated rings. The minimum atomic E-state index is -0.624. The van der Waals surface area contributed by atoms with E-state index in [1.54, 1.807) is 11.8 Å². The molecule has 0 bridgehead atoms. The standard InChI is InChI=1S/C25H34N2O3/c1-18(2)21-14-10-11-15-22(21)30-17-23(28)27(16-20-12-8-7-9-13-20)19(3)24(29)26-25(4,5)6/h7-15,18-19H,16-17H2,1-6H3,(H,26,29). The van der Waals surface area contributed by atoms with Crippen LogP contribution in [-0.4, -0.2) is 34.9 Å². The number of hydrogen-bond donors (Lipinski definition) is 1. The van der Waals surface area contributed by atoms with E-state index in [-0.39, 0.29) is 29.9 Å². The molecule has 0 aliphatic rings. The number of benzene rings is 2. The number of nitrogens with zero attached hydrogens (tertiary/aromatic N) is 1. The summed E-state index contributed by atoms with van der Waals surface area (Å²) >= 11 is 0. The molecule has 1 unspecified atom stereocenters. The van der Waals surface area contributed by atoms with E-state index in [2.05, 4.69) is 19.2 Å². The van der Waals surface area contributed by atoms with Crippen molar-refractivity contribution in [3.63, 3.8) is 0 Å². The summed E-state index contributed by atoms with van der Waals surface area (Å²) in [6.07, 6.45) is 0. The third-order valence-electron chi connectivity index (χ3n) is 4.75. The van der Waals surface area contributed by atoms with Gasteiger partial charge in [-0.2, -0.15) is 0 Å². The number of carbonyl (C=O) groups is 2. The van der Waals surface area contributed by atoms with Crippen LogP contribution in [0.3, 0.4) is 0 Å². The highest BCUT2D eigenvalue weighted by atomic mass is 16.5. The highest BCUT2D eigenvalue weighted by Gasteiger charge is 2.28. The quantitative estimate of drug-likeness (QED) is 0.696. The number of carbonyl (C=O) groups excluding carboxylic acids is 2. The van der Waals surface area contributed by atoms with Gasteiger partial charge in [-0.15, -0.1) is 0 Å². The van der Waals surface area contributed by atoms with Crippen LogP contribution in [0.5, 0.6) is 5.75 Å². The first-order valence-corrected chi connectivity index (χ1v) is 10.5. The van der Waals surface area contributed by atoms with Crippen LogP contribution in [0.15, 0.2) is 54.6 Å². The Balaban J connectivity index is 2.18. The van der Waals surface area contributed by atoms with Crippen LogP contribution >= 0.6 is 0 Å². The lowest BCUT2D eigenvalue weighted by atomic mass is 10.0. The van der Waals surface area contributed by atoms with Crippen molar-refractivity contribution < 1.29 is 14.3 Å². The first-order chi connectivity index (χ1) is 14.1. The van der Waals surface area contributed by atoms with Crippen LogP contribution in [0, 0.1) is 0 Å². The topological polar surface area (TPSA) is 58.6 Å². The summed E-state index contributed by atoms with van der Waals surface area (Å²) in [5.41, 5.74) is 1.64. The monoisotopic (exact) mass is 410 g/mol. The fraction of sp³-hybridized carbons (Fsp3) is 0.440. The highest BCUT2D eigenvalue weighted by Crippen LogP contribution is 2.26. The van der Waals surface area contributed by atoms with Crippen LogP contribution in [0.1, 0.15) is 58.6 Å². The van der Waals surface area contributed by atoms with Gasteiger partial charge in [0, 0.05) is 12.1 Å². The summed E-state index contributed by atoms with van der Waals surface area (Å²) in [6.45, 7) is 11.9. The summed E-state index contributed by atoms with van der Waals surface area (Å²) in [5, 5.41) is 2.96. The molecule has 2 aromatic carbocycles. The highest BCUT2D eigenvalue weighted by molar-refractivity contribution is 5.88. The second-order valence-corrected chi connectivity index (χ2v) is 8.90. The van der Waals surface area contributed by atoms with E-state index >= 15 is 0 Å². The van der Waals surface area contributed by atoms with Crippen LogP contribution in [0.2, 0.25) is 0 Å². The van der Waals surface area contributed by atoms with Gasteiger partial charge >= 0.3 is 0 Å². The van der Waals surface area contributed by atoms with E-state index in [0.29, 0.717) is 12.3 Å². The van der Waals surface area contributed by atoms with Crippen LogP contribution in [0.4, 0.5) is 0 Å². The Bertz CT molecular complexity index is 841. The molecular formula is C25H34N2O3. The second-order valence-electron chi connectivity index (χ2n) is 8.90. The first-order valence-electron chi connectivity index (χ1n) is 10.5. The molecule has 0 heterocycles. The zero-order chi connectivity index (χ0) is 22.3. The molecule has 1 N–H and O–H groups in total. The van der Waals surface area contributed by atoms with E-state index in [0.717, 1.165) is 11.1 Å². The maximum absolute atomic E-state index is 13.1. The summed E-state index contributed by atoms with van der Waals surface area (Å²) in [5.74, 6) is 0.573. The number of rotatable bonds is 8. The van der Waals surface area contributed by atoms with Gasteiger partial charge in [-0.05, 0) is 50.8 Å². The van der Waals surface area contributed by atoms with Crippen LogP contribution < -0.4 is 10.1 Å². The largest absolute Gasteiger partial charge is 0.483 e. The zero-order valence-electron chi connectivity index (χ0n) is 18.9. The fourth-order valence-electron chi connectivity index (χ4n) is 3.15. The fourth-order valence-corrected chi connectivity index (χ4v) is 3.15. The molecule has 2 aromatic rings. The molecule has 5 nitrogen and oxygen atoms in total. The van der Waals surface area contributed by atoms with Gasteiger partial charge < -0.3 is 15.0 Å². The third kappa shape index (κ3) is 6.90. The van der Waals surface area contributed by atoms with Crippen LogP contribution in [0.25, 0.3) is 0 Å². The summed E-state index contributed by atoms with van der Waals surface area (Å²) < 4.78 is 5.89. The Morgan fingerprint density at radius 2 is 1.57 bits per heavy atom. The molecule has 1 atom stereocenters. The van der Waals surface area contributed by atoms with E-state index in [4.69, 9.17) is 4.74 Å². The van der Waals surface area contributed by atoms with Gasteiger partial charge in [-0.3, -0.25) is 9.59 Å². The minimum Gasteiger partial charge on any atom is -0.483 e. The molecule has 5 heteroatoms. The van der Waals surface area contributed by atoms with Gasteiger partial charge in [-0.1, -0.05) is 62.4 Å². The summed E-state index contributed by atoms with van der Waals surface area (Å²) in [6, 6.07) is 16.8. The van der Waals surface area contributed by atoms with Gasteiger partial charge in [0.25, 0.3) is 5.91 Å². The zero-order valence-corrected chi connectivity index (χ0v) is 18.9. The van der Waals surface area contributed by atoms with Crippen molar-refractivity contribution in [3.05, 3.63) is 65.7 Å². The van der Waals surface area contributed by atoms with Crippen molar-refractivity contribution in [2.45, 2.75) is 65.6 Å². The van der Waals surface area contributed by atoms with Gasteiger partial charge in [0.1, 0.15) is 11.8 Å². The predicted molar refractivity (Wildman–Crippen MR) is 120 cm³/mol. The summed E-state index contributed by atoms with van der Waals surface area (Å²) in [7, 11) is 0. The molecule has 0 saturated carbocycles. The van der Waals surface area contributed by atoms with Crippen molar-refractivity contribution >= 4 is 11.8 Å². The second kappa shape index (κ2) is 10.3. The Kier molecular flexibility index (Phi) is 8.04. The smallest absolute Gasteiger partial charge is 0.261 e. The van der Waals surface area contributed by atoms with Crippen molar-refractivity contribution in [1.29, 1.82) is 0 Å². The van der Waals surface area contributed by atoms with E-state index in [9.17, 15) is 9.59 Å². The normalized spacial score (nSPS) is 12.4. The van der Waals surface area contributed by atoms with Crippen molar-refractivity contribution in [2.75, 3.05) is 6.61 Å². The van der Waals surface area contributed by atoms with Gasteiger partial charge in [0.15, 0.2) is 6.61 Å². The Morgan fingerprint density at radius 3 is 2.17 bits per heavy atom. The molecule has 162 valence electrons. The van der Waals surface area contributed by atoms with Gasteiger partial charge in [-0.25, -0.2) is 0 Å². The van der Waals surface area contributed by atoms with E-state index < -0.39 is 6.04 Å². The number of para-hydroxylation sites is 1. The molecule has 0 saturated heterocycles. The van der Waals surface area contributed by atoms with E-state index in [1.165, 1.54) is 0 Å². The summed E-state index contributed by atoms with van der Waals surface area (Å²) in [4.78, 5) is 27.5. The number of amides is 2. The molecule has 30 heavy (non-hydrogen) atoms. The predicted octanol–water partition coefficient (Wildman–Crippen LogP) is 4.52. The average molecular weight is 411 g/mol. The third-order valence-corrected chi connectivity index (χ3v) is 4.75. The number of nitrogens with one attached hydrogen (secondary N) is 1. The molecular weight excluding hydrogens is 376 g/mol. The minimum absolute atomic E-state index is 0.121. The number of ether oxygens (including phenoxy) is 1. The molecule has 0 aromatic heterocycles. The molecule has 0 aliphatic carbocycles. The molecule has 0 radical (unpaired) electrons. The lowest BCUT2D eigenvalue weighted by molar-refractivity contribution is -0.142. The van der Waals surface area contributed by atoms with Crippen molar-refractivity contribution in [2.24, 2.45) is 0 Å². The van der Waals surface area contributed by atoms with Gasteiger partial charge in [0.2, 0.25) is 5.91 Å². The SMILES string of the molecule is CC(C)c1ccccc1OCC(=O)N(Cc1ccccc1)C(C)C(=O)NC(C)(C)C. The average Bonchev–Trinajstić information content (AvgIpc) is 2.69. The molecule has 0 aliphatic heterocycles. The molecule has 2 rings (SSSR count). The number of hydrogen-bond acceptors (Lipinski definition) is 3. The van der Waals surface area contributed by atoms with E-state index in [1.807, 2.05) is 75.4 Å². The lowest BCUT2D eigenvalue weighted by Crippen LogP contribution is -2.53. The maximum Gasteiger partial charge on any atom is 0.261 e. The van der Waals surface area contributed by atoms with Crippen molar-refractivity contribution in [1.82, 2.24) is 10.2 Å². The Hall–Kier alpha value is -2.82. The Morgan fingerprint density at radius 1 is 0.967 bits per heavy atom. The molecule has 0 spiro atoms. The molecule has 2 amide bonds. The maximum atomic E-state index is 13.1. The van der Waals surface area contributed by atoms with Crippen molar-refractivity contribution in [3.8, 4) is 5.75 Å². The van der Waals surface area contributed by atoms with Crippen LogP contribution in [-0.2, 0) is 16.1 Å². The lowest BCUT2D eigenvalue weighted by Gasteiger charge is -2.31. The first kappa shape index (κ1) is 23.5. The van der Waals surface area contributed by atoms with Gasteiger partial charge in [0.05, 0.1) is 0 Å². The Labute approximate surface area is 180 Å².